The summed E-state index contributed by atoms with van der Waals surface area (Å²) < 4.78 is 6.00. The summed E-state index contributed by atoms with van der Waals surface area (Å²) in [5.41, 5.74) is 1.88. The number of methoxy groups -OCH3 is 1. The molecule has 0 saturated heterocycles. The summed E-state index contributed by atoms with van der Waals surface area (Å²) in [5.74, 6) is 0. The molecule has 15 heavy (non-hydrogen) atoms. The van der Waals surface area contributed by atoms with Crippen molar-refractivity contribution in [1.82, 2.24) is 9.97 Å². The second-order valence-corrected chi connectivity index (χ2v) is 3.85. The Labute approximate surface area is 96.3 Å². The van der Waals surface area contributed by atoms with E-state index < -0.39 is 0 Å². The molecule has 76 valence electrons. The number of hydrogen-bond acceptors (Lipinski definition) is 3. The van der Waals surface area contributed by atoms with Crippen LogP contribution in [0.5, 0.6) is 6.01 Å². The monoisotopic (exact) mass is 264 g/mol. The number of benzene rings is 1. The summed E-state index contributed by atoms with van der Waals surface area (Å²) in [6, 6.07) is 10.2. The van der Waals surface area contributed by atoms with Crippen molar-refractivity contribution >= 4 is 15.9 Å². The maximum atomic E-state index is 4.97. The van der Waals surface area contributed by atoms with Gasteiger partial charge in [-0.2, -0.15) is 4.98 Å². The number of halogens is 1. The second kappa shape index (κ2) is 4.40. The minimum atomic E-state index is 0.382. The average Bonchev–Trinajstić information content (AvgIpc) is 2.29. The number of hydrogen-bond donors (Lipinski definition) is 0. The van der Waals surface area contributed by atoms with Crippen molar-refractivity contribution in [2.24, 2.45) is 0 Å². The molecule has 0 spiro atoms. The van der Waals surface area contributed by atoms with Crippen molar-refractivity contribution in [3.8, 4) is 17.3 Å². The van der Waals surface area contributed by atoms with Crippen LogP contribution in [0.3, 0.4) is 0 Å². The minimum Gasteiger partial charge on any atom is -0.467 e. The van der Waals surface area contributed by atoms with Crippen LogP contribution in [0.15, 0.2) is 41.0 Å². The van der Waals surface area contributed by atoms with Crippen LogP contribution in [0.2, 0.25) is 0 Å². The van der Waals surface area contributed by atoms with Gasteiger partial charge in [0.15, 0.2) is 0 Å². The molecule has 1 aromatic heterocycles. The van der Waals surface area contributed by atoms with E-state index in [-0.39, 0.29) is 0 Å². The van der Waals surface area contributed by atoms with E-state index in [4.69, 9.17) is 4.74 Å². The van der Waals surface area contributed by atoms with Crippen molar-refractivity contribution in [3.05, 3.63) is 41.0 Å². The molecule has 3 nitrogen and oxygen atoms in total. The van der Waals surface area contributed by atoms with Crippen LogP contribution in [0.4, 0.5) is 0 Å². The number of ether oxygens (including phenoxy) is 1. The zero-order chi connectivity index (χ0) is 10.7. The maximum absolute atomic E-state index is 4.97. The standard InChI is InChI=1S/C11H9BrN2O/c1-15-11-13-6-5-10(14-11)8-3-2-4-9(12)7-8/h2-7H,1H3. The first kappa shape index (κ1) is 10.1. The predicted molar refractivity (Wildman–Crippen MR) is 61.7 cm³/mol. The summed E-state index contributed by atoms with van der Waals surface area (Å²) in [4.78, 5) is 8.21. The Morgan fingerprint density at radius 1 is 1.27 bits per heavy atom. The molecular weight excluding hydrogens is 256 g/mol. The Morgan fingerprint density at radius 2 is 2.13 bits per heavy atom. The zero-order valence-electron chi connectivity index (χ0n) is 8.14. The highest BCUT2D eigenvalue weighted by Crippen LogP contribution is 2.21. The molecule has 0 aliphatic carbocycles. The summed E-state index contributed by atoms with van der Waals surface area (Å²) in [5, 5.41) is 0. The first-order chi connectivity index (χ1) is 7.29. The molecule has 0 aliphatic rings. The van der Waals surface area contributed by atoms with Gasteiger partial charge in [0, 0.05) is 16.2 Å². The Morgan fingerprint density at radius 3 is 2.87 bits per heavy atom. The molecule has 0 unspecified atom stereocenters. The van der Waals surface area contributed by atoms with Crippen LogP contribution < -0.4 is 4.74 Å². The van der Waals surface area contributed by atoms with Gasteiger partial charge in [-0.25, -0.2) is 4.98 Å². The third-order valence-electron chi connectivity index (χ3n) is 1.94. The van der Waals surface area contributed by atoms with Crippen LogP contribution in [0.25, 0.3) is 11.3 Å². The van der Waals surface area contributed by atoms with E-state index in [0.29, 0.717) is 6.01 Å². The molecule has 1 heterocycles. The minimum absolute atomic E-state index is 0.382. The lowest BCUT2D eigenvalue weighted by Crippen LogP contribution is -1.92. The lowest BCUT2D eigenvalue weighted by molar-refractivity contribution is 0.380. The summed E-state index contributed by atoms with van der Waals surface area (Å²) in [7, 11) is 1.56. The lowest BCUT2D eigenvalue weighted by atomic mass is 10.1. The molecule has 0 atom stereocenters. The van der Waals surface area contributed by atoms with Crippen molar-refractivity contribution in [1.29, 1.82) is 0 Å². The Hall–Kier alpha value is -1.42. The highest BCUT2D eigenvalue weighted by molar-refractivity contribution is 9.10. The van der Waals surface area contributed by atoms with E-state index >= 15 is 0 Å². The molecular formula is C11H9BrN2O. The molecule has 0 aliphatic heterocycles. The number of aromatic nitrogens is 2. The van der Waals surface area contributed by atoms with E-state index in [0.717, 1.165) is 15.7 Å². The first-order valence-corrected chi connectivity index (χ1v) is 5.22. The normalized spacial score (nSPS) is 10.0. The molecule has 0 fully saturated rings. The Bertz CT molecular complexity index is 474. The van der Waals surface area contributed by atoms with Crippen molar-refractivity contribution in [3.63, 3.8) is 0 Å². The van der Waals surface area contributed by atoms with Crippen molar-refractivity contribution < 1.29 is 4.74 Å². The molecule has 1 aromatic carbocycles. The van der Waals surface area contributed by atoms with Gasteiger partial charge in [-0.15, -0.1) is 0 Å². The first-order valence-electron chi connectivity index (χ1n) is 4.42. The molecule has 4 heteroatoms. The predicted octanol–water partition coefficient (Wildman–Crippen LogP) is 2.91. The zero-order valence-corrected chi connectivity index (χ0v) is 9.73. The molecule has 0 radical (unpaired) electrons. The van der Waals surface area contributed by atoms with Gasteiger partial charge in [0.25, 0.3) is 0 Å². The lowest BCUT2D eigenvalue weighted by Gasteiger charge is -2.02. The van der Waals surface area contributed by atoms with Crippen molar-refractivity contribution in [2.45, 2.75) is 0 Å². The van der Waals surface area contributed by atoms with E-state index in [2.05, 4.69) is 25.9 Å². The van der Waals surface area contributed by atoms with Gasteiger partial charge in [-0.3, -0.25) is 0 Å². The van der Waals surface area contributed by atoms with Gasteiger partial charge in [-0.1, -0.05) is 28.1 Å². The van der Waals surface area contributed by atoms with E-state index in [9.17, 15) is 0 Å². The van der Waals surface area contributed by atoms with Gasteiger partial charge < -0.3 is 4.74 Å². The highest BCUT2D eigenvalue weighted by atomic mass is 79.9. The average molecular weight is 265 g/mol. The van der Waals surface area contributed by atoms with E-state index in [1.54, 1.807) is 13.3 Å². The topological polar surface area (TPSA) is 35.0 Å². The van der Waals surface area contributed by atoms with Crippen LogP contribution >= 0.6 is 15.9 Å². The van der Waals surface area contributed by atoms with Crippen LogP contribution in [0, 0.1) is 0 Å². The summed E-state index contributed by atoms with van der Waals surface area (Å²) in [6.07, 6.45) is 1.68. The SMILES string of the molecule is COc1nccc(-c2cccc(Br)c2)n1. The number of nitrogens with zero attached hydrogens (tertiary/aromatic N) is 2. The molecule has 2 rings (SSSR count). The quantitative estimate of drug-likeness (QED) is 0.837. The van der Waals surface area contributed by atoms with Gasteiger partial charge >= 0.3 is 6.01 Å². The highest BCUT2D eigenvalue weighted by Gasteiger charge is 2.01. The molecule has 0 saturated carbocycles. The molecule has 0 amide bonds. The van der Waals surface area contributed by atoms with Gasteiger partial charge in [0.05, 0.1) is 12.8 Å². The van der Waals surface area contributed by atoms with Crippen LogP contribution in [0.1, 0.15) is 0 Å². The molecule has 2 aromatic rings. The van der Waals surface area contributed by atoms with Gasteiger partial charge in [-0.05, 0) is 18.2 Å². The van der Waals surface area contributed by atoms with Crippen LogP contribution in [-0.2, 0) is 0 Å². The largest absolute Gasteiger partial charge is 0.467 e. The van der Waals surface area contributed by atoms with Gasteiger partial charge in [0.2, 0.25) is 0 Å². The summed E-state index contributed by atoms with van der Waals surface area (Å²) in [6.45, 7) is 0. The smallest absolute Gasteiger partial charge is 0.316 e. The number of rotatable bonds is 2. The van der Waals surface area contributed by atoms with E-state index in [1.165, 1.54) is 0 Å². The molecule has 0 bridgehead atoms. The van der Waals surface area contributed by atoms with Gasteiger partial charge in [0.1, 0.15) is 0 Å². The Kier molecular flexibility index (Phi) is 2.97. The van der Waals surface area contributed by atoms with E-state index in [1.807, 2.05) is 30.3 Å². The fourth-order valence-corrected chi connectivity index (χ4v) is 1.65. The summed E-state index contributed by atoms with van der Waals surface area (Å²) >= 11 is 3.42. The second-order valence-electron chi connectivity index (χ2n) is 2.94. The van der Waals surface area contributed by atoms with Crippen molar-refractivity contribution in [2.75, 3.05) is 7.11 Å². The Balaban J connectivity index is 2.44. The third kappa shape index (κ3) is 2.33. The third-order valence-corrected chi connectivity index (χ3v) is 2.43. The van der Waals surface area contributed by atoms with Crippen LogP contribution in [-0.4, -0.2) is 17.1 Å². The maximum Gasteiger partial charge on any atom is 0.316 e. The fourth-order valence-electron chi connectivity index (χ4n) is 1.25. The fraction of sp³-hybridized carbons (Fsp3) is 0.0909. The molecule has 0 N–H and O–H groups in total.